The van der Waals surface area contributed by atoms with Gasteiger partial charge in [0.1, 0.15) is 0 Å². The number of unbranched alkanes of at least 4 members (excludes halogenated alkanes) is 1. The van der Waals surface area contributed by atoms with Gasteiger partial charge in [0.05, 0.1) is 0 Å². The zero-order chi connectivity index (χ0) is 12.7. The molecule has 0 aromatic carbocycles. The van der Waals surface area contributed by atoms with Crippen LogP contribution < -0.4 is 0 Å². The molecular weight excluding hydrogens is 212 g/mol. The first-order valence-corrected chi connectivity index (χ1v) is 7.09. The molecule has 1 heterocycles. The Balaban J connectivity index is 2.14. The lowest BCUT2D eigenvalue weighted by Crippen LogP contribution is -2.36. The van der Waals surface area contributed by atoms with E-state index < -0.39 is 0 Å². The van der Waals surface area contributed by atoms with Crippen LogP contribution >= 0.6 is 0 Å². The fourth-order valence-electron chi connectivity index (χ4n) is 2.25. The Bertz CT molecular complexity index is 222. The lowest BCUT2D eigenvalue weighted by Gasteiger charge is -2.30. The second-order valence-electron chi connectivity index (χ2n) is 5.44. The van der Waals surface area contributed by atoms with E-state index in [1.54, 1.807) is 0 Å². The highest BCUT2D eigenvalue weighted by Crippen LogP contribution is 2.15. The van der Waals surface area contributed by atoms with Crippen molar-refractivity contribution in [1.29, 1.82) is 0 Å². The molecule has 17 heavy (non-hydrogen) atoms. The lowest BCUT2D eigenvalue weighted by atomic mass is 9.99. The Hall–Kier alpha value is -0.570. The topological polar surface area (TPSA) is 23.6 Å². The third-order valence-electron chi connectivity index (χ3n) is 3.79. The van der Waals surface area contributed by atoms with Crippen molar-refractivity contribution in [2.45, 2.75) is 46.0 Å². The van der Waals surface area contributed by atoms with Gasteiger partial charge in [-0.1, -0.05) is 20.3 Å². The van der Waals surface area contributed by atoms with Gasteiger partial charge in [-0.15, -0.1) is 0 Å². The minimum Gasteiger partial charge on any atom is -0.346 e. The van der Waals surface area contributed by atoms with Crippen molar-refractivity contribution in [2.75, 3.05) is 33.2 Å². The van der Waals surface area contributed by atoms with Gasteiger partial charge in [0, 0.05) is 26.6 Å². The van der Waals surface area contributed by atoms with Gasteiger partial charge in [-0.25, -0.2) is 0 Å². The predicted molar refractivity (Wildman–Crippen MR) is 72.0 cm³/mol. The zero-order valence-electron chi connectivity index (χ0n) is 11.7. The standard InChI is InChI=1S/C14H28N2O/c1-4-5-9-15(3)14(17)8-12-16-10-6-13(2)7-11-16/h13H,4-12H2,1-3H3. The van der Waals surface area contributed by atoms with Crippen LogP contribution in [0, 0.1) is 5.92 Å². The zero-order valence-corrected chi connectivity index (χ0v) is 11.7. The molecule has 1 aliphatic heterocycles. The van der Waals surface area contributed by atoms with Crippen LogP contribution in [-0.2, 0) is 4.79 Å². The average molecular weight is 240 g/mol. The lowest BCUT2D eigenvalue weighted by molar-refractivity contribution is -0.130. The number of carbonyl (C=O) groups excluding carboxylic acids is 1. The molecule has 0 radical (unpaired) electrons. The monoisotopic (exact) mass is 240 g/mol. The van der Waals surface area contributed by atoms with Crippen molar-refractivity contribution in [3.8, 4) is 0 Å². The summed E-state index contributed by atoms with van der Waals surface area (Å²) < 4.78 is 0. The molecule has 0 aliphatic carbocycles. The largest absolute Gasteiger partial charge is 0.346 e. The van der Waals surface area contributed by atoms with Crippen LogP contribution in [0.3, 0.4) is 0 Å². The molecule has 1 saturated heterocycles. The summed E-state index contributed by atoms with van der Waals surface area (Å²) in [7, 11) is 1.93. The summed E-state index contributed by atoms with van der Waals surface area (Å²) >= 11 is 0. The summed E-state index contributed by atoms with van der Waals surface area (Å²) in [4.78, 5) is 16.2. The molecule has 1 fully saturated rings. The van der Waals surface area contributed by atoms with Crippen LogP contribution in [0.2, 0.25) is 0 Å². The van der Waals surface area contributed by atoms with Gasteiger partial charge in [-0.05, 0) is 38.3 Å². The van der Waals surface area contributed by atoms with Crippen molar-refractivity contribution in [2.24, 2.45) is 5.92 Å². The van der Waals surface area contributed by atoms with Crippen LogP contribution in [0.15, 0.2) is 0 Å². The molecule has 1 amide bonds. The summed E-state index contributed by atoms with van der Waals surface area (Å²) in [6.07, 6.45) is 5.54. The molecule has 0 atom stereocenters. The molecule has 3 nitrogen and oxygen atoms in total. The molecule has 1 rings (SSSR count). The maximum absolute atomic E-state index is 11.9. The summed E-state index contributed by atoms with van der Waals surface area (Å²) in [5.74, 6) is 1.17. The highest BCUT2D eigenvalue weighted by atomic mass is 16.2. The summed E-state index contributed by atoms with van der Waals surface area (Å²) in [6.45, 7) is 8.68. The fourth-order valence-corrected chi connectivity index (χ4v) is 2.25. The van der Waals surface area contributed by atoms with Crippen molar-refractivity contribution >= 4 is 5.91 Å². The Morgan fingerprint density at radius 2 is 2.00 bits per heavy atom. The minimum atomic E-state index is 0.303. The van der Waals surface area contributed by atoms with Gasteiger partial charge < -0.3 is 9.80 Å². The molecule has 100 valence electrons. The Morgan fingerprint density at radius 1 is 1.35 bits per heavy atom. The van der Waals surface area contributed by atoms with E-state index in [1.807, 2.05) is 11.9 Å². The van der Waals surface area contributed by atoms with E-state index in [2.05, 4.69) is 18.7 Å². The smallest absolute Gasteiger partial charge is 0.223 e. The molecule has 0 aromatic rings. The molecular formula is C14H28N2O. The average Bonchev–Trinajstić information content (AvgIpc) is 2.34. The first-order valence-electron chi connectivity index (χ1n) is 7.09. The second kappa shape index (κ2) is 7.70. The molecule has 0 N–H and O–H groups in total. The molecule has 0 unspecified atom stereocenters. The summed E-state index contributed by atoms with van der Waals surface area (Å²) in [6, 6.07) is 0. The van der Waals surface area contributed by atoms with Crippen molar-refractivity contribution < 1.29 is 4.79 Å². The SMILES string of the molecule is CCCCN(C)C(=O)CCN1CCC(C)CC1. The Labute approximate surface area is 106 Å². The number of hydrogen-bond donors (Lipinski definition) is 0. The van der Waals surface area contributed by atoms with E-state index in [-0.39, 0.29) is 0 Å². The number of rotatable bonds is 6. The Kier molecular flexibility index (Phi) is 6.56. The highest BCUT2D eigenvalue weighted by molar-refractivity contribution is 5.76. The van der Waals surface area contributed by atoms with Gasteiger partial charge in [0.25, 0.3) is 0 Å². The van der Waals surface area contributed by atoms with Gasteiger partial charge in [0.15, 0.2) is 0 Å². The quantitative estimate of drug-likeness (QED) is 0.711. The molecule has 0 saturated carbocycles. The molecule has 0 bridgehead atoms. The van der Waals surface area contributed by atoms with E-state index >= 15 is 0 Å². The van der Waals surface area contributed by atoms with Crippen molar-refractivity contribution in [3.05, 3.63) is 0 Å². The molecule has 1 aliphatic rings. The molecule has 0 aromatic heterocycles. The van der Waals surface area contributed by atoms with E-state index in [4.69, 9.17) is 0 Å². The van der Waals surface area contributed by atoms with Crippen LogP contribution in [0.4, 0.5) is 0 Å². The maximum atomic E-state index is 11.9. The van der Waals surface area contributed by atoms with Gasteiger partial charge in [0.2, 0.25) is 5.91 Å². The predicted octanol–water partition coefficient (Wildman–Crippen LogP) is 2.37. The van der Waals surface area contributed by atoms with E-state index in [0.717, 1.165) is 31.8 Å². The number of piperidine rings is 1. The minimum absolute atomic E-state index is 0.303. The summed E-state index contributed by atoms with van der Waals surface area (Å²) in [5, 5.41) is 0. The van der Waals surface area contributed by atoms with Crippen LogP contribution in [0.5, 0.6) is 0 Å². The first kappa shape index (κ1) is 14.5. The highest BCUT2D eigenvalue weighted by Gasteiger charge is 2.17. The van der Waals surface area contributed by atoms with E-state index in [1.165, 1.54) is 25.9 Å². The number of hydrogen-bond acceptors (Lipinski definition) is 2. The normalized spacial score (nSPS) is 18.3. The first-order chi connectivity index (χ1) is 8.13. The maximum Gasteiger partial charge on any atom is 0.223 e. The van der Waals surface area contributed by atoms with E-state index in [9.17, 15) is 4.79 Å². The third kappa shape index (κ3) is 5.53. The number of carbonyl (C=O) groups is 1. The van der Waals surface area contributed by atoms with Crippen LogP contribution in [0.1, 0.15) is 46.0 Å². The molecule has 3 heteroatoms. The number of nitrogens with zero attached hydrogens (tertiary/aromatic N) is 2. The third-order valence-corrected chi connectivity index (χ3v) is 3.79. The second-order valence-corrected chi connectivity index (χ2v) is 5.44. The van der Waals surface area contributed by atoms with Crippen molar-refractivity contribution in [3.63, 3.8) is 0 Å². The number of amides is 1. The number of likely N-dealkylation sites (tertiary alicyclic amines) is 1. The van der Waals surface area contributed by atoms with Crippen molar-refractivity contribution in [1.82, 2.24) is 9.80 Å². The van der Waals surface area contributed by atoms with E-state index in [0.29, 0.717) is 12.3 Å². The van der Waals surface area contributed by atoms with Crippen LogP contribution in [-0.4, -0.2) is 48.9 Å². The summed E-state index contributed by atoms with van der Waals surface area (Å²) in [5.41, 5.74) is 0. The van der Waals surface area contributed by atoms with Crippen LogP contribution in [0.25, 0.3) is 0 Å². The molecule has 0 spiro atoms. The van der Waals surface area contributed by atoms with Gasteiger partial charge in [-0.3, -0.25) is 4.79 Å². The Morgan fingerprint density at radius 3 is 2.59 bits per heavy atom. The van der Waals surface area contributed by atoms with Gasteiger partial charge >= 0.3 is 0 Å². The van der Waals surface area contributed by atoms with Gasteiger partial charge in [-0.2, -0.15) is 0 Å². The fraction of sp³-hybridized carbons (Fsp3) is 0.929.